The molecule has 0 aliphatic heterocycles. The summed E-state index contributed by atoms with van der Waals surface area (Å²) in [6.45, 7) is 4.54. The van der Waals surface area contributed by atoms with Crippen molar-refractivity contribution >= 4 is 39.5 Å². The molecule has 0 aliphatic rings. The summed E-state index contributed by atoms with van der Waals surface area (Å²) in [6, 6.07) is 23.6. The highest BCUT2D eigenvalue weighted by molar-refractivity contribution is 9.10. The van der Waals surface area contributed by atoms with Gasteiger partial charge in [-0.1, -0.05) is 87.7 Å². The number of carbonyl (C=O) groups excluding carboxylic acids is 2. The number of aryl methyl sites for hydroxylation is 2. The topological polar surface area (TPSA) is 49.4 Å². The van der Waals surface area contributed by atoms with Crippen molar-refractivity contribution in [2.45, 2.75) is 38.6 Å². The Labute approximate surface area is 215 Å². The van der Waals surface area contributed by atoms with Crippen LogP contribution < -0.4 is 5.32 Å². The van der Waals surface area contributed by atoms with E-state index in [1.165, 1.54) is 16.7 Å². The highest BCUT2D eigenvalue weighted by Gasteiger charge is 2.29. The molecule has 4 nitrogen and oxygen atoms in total. The summed E-state index contributed by atoms with van der Waals surface area (Å²) in [5.74, 6) is 0.858. The van der Waals surface area contributed by atoms with Crippen LogP contribution in [-0.2, 0) is 28.3 Å². The molecule has 0 fully saturated rings. The van der Waals surface area contributed by atoms with E-state index in [-0.39, 0.29) is 11.8 Å². The third-order valence-electron chi connectivity index (χ3n) is 5.54. The van der Waals surface area contributed by atoms with Gasteiger partial charge < -0.3 is 10.2 Å². The zero-order valence-electron chi connectivity index (χ0n) is 19.9. The van der Waals surface area contributed by atoms with Crippen LogP contribution in [-0.4, -0.2) is 35.6 Å². The van der Waals surface area contributed by atoms with Gasteiger partial charge in [-0.3, -0.25) is 9.59 Å². The van der Waals surface area contributed by atoms with E-state index in [1.54, 1.807) is 23.7 Å². The third-order valence-corrected chi connectivity index (χ3v) is 7.02. The number of benzene rings is 3. The minimum absolute atomic E-state index is 0.0427. The molecule has 0 aromatic heterocycles. The summed E-state index contributed by atoms with van der Waals surface area (Å²) >= 11 is 5.10. The van der Waals surface area contributed by atoms with Crippen LogP contribution in [0.15, 0.2) is 77.3 Å². The molecule has 3 aromatic rings. The molecular formula is C28H31BrN2O2S. The van der Waals surface area contributed by atoms with Crippen LogP contribution in [0.4, 0.5) is 0 Å². The second-order valence-electron chi connectivity index (χ2n) is 8.46. The first-order valence-corrected chi connectivity index (χ1v) is 13.2. The molecule has 0 bridgehead atoms. The predicted octanol–water partition coefficient (Wildman–Crippen LogP) is 5.69. The van der Waals surface area contributed by atoms with E-state index in [0.29, 0.717) is 18.7 Å². The van der Waals surface area contributed by atoms with Crippen molar-refractivity contribution < 1.29 is 9.59 Å². The van der Waals surface area contributed by atoms with E-state index in [0.717, 1.165) is 21.4 Å². The Bertz CT molecular complexity index is 1100. The van der Waals surface area contributed by atoms with Crippen molar-refractivity contribution in [1.29, 1.82) is 0 Å². The Kier molecular flexibility index (Phi) is 9.78. The van der Waals surface area contributed by atoms with E-state index < -0.39 is 6.04 Å². The molecule has 3 rings (SSSR count). The Balaban J connectivity index is 1.81. The van der Waals surface area contributed by atoms with Crippen molar-refractivity contribution in [3.8, 4) is 0 Å². The largest absolute Gasteiger partial charge is 0.357 e. The maximum atomic E-state index is 13.5. The molecular weight excluding hydrogens is 508 g/mol. The normalized spacial score (nSPS) is 11.6. The average molecular weight is 540 g/mol. The van der Waals surface area contributed by atoms with E-state index in [9.17, 15) is 9.59 Å². The van der Waals surface area contributed by atoms with Gasteiger partial charge in [-0.2, -0.15) is 0 Å². The second-order valence-corrected chi connectivity index (χ2v) is 10.4. The molecule has 1 atom stereocenters. The zero-order valence-corrected chi connectivity index (χ0v) is 22.3. The standard InChI is InChI=1S/C28H31BrN2O2S/c1-20-12-21(2)14-24(13-20)18-34-19-27(32)31(17-23-10-7-11-25(29)15-23)26(28(33)30-3)16-22-8-5-4-6-9-22/h4-15,26H,16-19H2,1-3H3,(H,30,33)/t26-/m0/s1. The maximum Gasteiger partial charge on any atom is 0.242 e. The molecule has 0 saturated heterocycles. The van der Waals surface area contributed by atoms with Gasteiger partial charge in [-0.15, -0.1) is 11.8 Å². The van der Waals surface area contributed by atoms with Crippen molar-refractivity contribution in [3.05, 3.63) is 105 Å². The number of rotatable bonds is 10. The van der Waals surface area contributed by atoms with Crippen LogP contribution in [0.1, 0.15) is 27.8 Å². The van der Waals surface area contributed by atoms with Gasteiger partial charge in [-0.05, 0) is 42.7 Å². The fourth-order valence-electron chi connectivity index (χ4n) is 4.04. The van der Waals surface area contributed by atoms with Gasteiger partial charge in [0.25, 0.3) is 0 Å². The Morgan fingerprint density at radius 2 is 1.59 bits per heavy atom. The maximum absolute atomic E-state index is 13.5. The number of nitrogens with one attached hydrogen (secondary N) is 1. The predicted molar refractivity (Wildman–Crippen MR) is 145 cm³/mol. The molecule has 6 heteroatoms. The lowest BCUT2D eigenvalue weighted by molar-refractivity contribution is -0.139. The number of thioether (sulfide) groups is 1. The number of likely N-dealkylation sites (N-methyl/N-ethyl adjacent to an activating group) is 1. The molecule has 178 valence electrons. The highest BCUT2D eigenvalue weighted by atomic mass is 79.9. The molecule has 3 aromatic carbocycles. The smallest absolute Gasteiger partial charge is 0.242 e. The summed E-state index contributed by atoms with van der Waals surface area (Å²) in [7, 11) is 1.62. The third kappa shape index (κ3) is 7.74. The lowest BCUT2D eigenvalue weighted by Crippen LogP contribution is -2.50. The number of halogens is 1. The van der Waals surface area contributed by atoms with Gasteiger partial charge in [0.2, 0.25) is 11.8 Å². The minimum atomic E-state index is -0.597. The first-order chi connectivity index (χ1) is 16.4. The summed E-state index contributed by atoms with van der Waals surface area (Å²) in [5.41, 5.74) is 5.65. The minimum Gasteiger partial charge on any atom is -0.357 e. The molecule has 0 heterocycles. The first-order valence-electron chi connectivity index (χ1n) is 11.3. The van der Waals surface area contributed by atoms with E-state index in [4.69, 9.17) is 0 Å². The van der Waals surface area contributed by atoms with Crippen molar-refractivity contribution in [2.75, 3.05) is 12.8 Å². The Morgan fingerprint density at radius 1 is 0.912 bits per heavy atom. The van der Waals surface area contributed by atoms with Gasteiger partial charge in [0, 0.05) is 30.2 Å². The molecule has 34 heavy (non-hydrogen) atoms. The van der Waals surface area contributed by atoms with Crippen molar-refractivity contribution in [3.63, 3.8) is 0 Å². The number of amides is 2. The van der Waals surface area contributed by atoms with Crippen LogP contribution in [0.3, 0.4) is 0 Å². The molecule has 0 unspecified atom stereocenters. The van der Waals surface area contributed by atoms with Crippen LogP contribution in [0.25, 0.3) is 0 Å². The van der Waals surface area contributed by atoms with Crippen molar-refractivity contribution in [1.82, 2.24) is 10.2 Å². The quantitative estimate of drug-likeness (QED) is 0.361. The average Bonchev–Trinajstić information content (AvgIpc) is 2.81. The first kappa shape index (κ1) is 26.0. The molecule has 0 radical (unpaired) electrons. The number of carbonyl (C=O) groups is 2. The lowest BCUT2D eigenvalue weighted by atomic mass is 10.0. The van der Waals surface area contributed by atoms with Crippen LogP contribution >= 0.6 is 27.7 Å². The molecule has 0 saturated carbocycles. The van der Waals surface area contributed by atoms with E-state index in [1.807, 2.05) is 54.6 Å². The highest BCUT2D eigenvalue weighted by Crippen LogP contribution is 2.21. The second kappa shape index (κ2) is 12.8. The molecule has 2 amide bonds. The molecule has 0 aliphatic carbocycles. The Hall–Kier alpha value is -2.57. The van der Waals surface area contributed by atoms with Gasteiger partial charge in [0.1, 0.15) is 6.04 Å². The number of nitrogens with zero attached hydrogens (tertiary/aromatic N) is 1. The fourth-order valence-corrected chi connectivity index (χ4v) is 5.34. The Morgan fingerprint density at radius 3 is 2.24 bits per heavy atom. The summed E-state index contributed by atoms with van der Waals surface area (Å²) in [6.07, 6.45) is 0.460. The van der Waals surface area contributed by atoms with Crippen molar-refractivity contribution in [2.24, 2.45) is 0 Å². The summed E-state index contributed by atoms with van der Waals surface area (Å²) in [4.78, 5) is 28.2. The van der Waals surface area contributed by atoms with E-state index in [2.05, 4.69) is 53.3 Å². The van der Waals surface area contributed by atoms with Crippen LogP contribution in [0.2, 0.25) is 0 Å². The van der Waals surface area contributed by atoms with Crippen LogP contribution in [0, 0.1) is 13.8 Å². The van der Waals surface area contributed by atoms with Gasteiger partial charge in [-0.25, -0.2) is 0 Å². The molecule has 1 N–H and O–H groups in total. The summed E-state index contributed by atoms with van der Waals surface area (Å²) in [5, 5.41) is 2.76. The van der Waals surface area contributed by atoms with E-state index >= 15 is 0 Å². The molecule has 0 spiro atoms. The fraction of sp³-hybridized carbons (Fsp3) is 0.286. The summed E-state index contributed by atoms with van der Waals surface area (Å²) < 4.78 is 0.946. The lowest BCUT2D eigenvalue weighted by Gasteiger charge is -2.31. The SMILES string of the molecule is CNC(=O)[C@H](Cc1ccccc1)N(Cc1cccc(Br)c1)C(=O)CSCc1cc(C)cc(C)c1. The number of hydrogen-bond acceptors (Lipinski definition) is 3. The van der Waals surface area contributed by atoms with Crippen LogP contribution in [0.5, 0.6) is 0 Å². The number of hydrogen-bond donors (Lipinski definition) is 1. The zero-order chi connectivity index (χ0) is 24.5. The monoisotopic (exact) mass is 538 g/mol. The van der Waals surface area contributed by atoms with Gasteiger partial charge in [0.05, 0.1) is 5.75 Å². The van der Waals surface area contributed by atoms with Gasteiger partial charge >= 0.3 is 0 Å². The van der Waals surface area contributed by atoms with Gasteiger partial charge in [0.15, 0.2) is 0 Å².